The second-order valence-corrected chi connectivity index (χ2v) is 8.44. The Labute approximate surface area is 165 Å². The molecule has 0 bridgehead atoms. The molecule has 3 rings (SSSR count). The molecule has 2 aromatic heterocycles. The van der Waals surface area contributed by atoms with Gasteiger partial charge in [0.15, 0.2) is 0 Å². The molecule has 3 heterocycles. The summed E-state index contributed by atoms with van der Waals surface area (Å²) in [6, 6.07) is 2.14. The van der Waals surface area contributed by atoms with Gasteiger partial charge in [-0.2, -0.15) is 5.10 Å². The first kappa shape index (κ1) is 20.9. The van der Waals surface area contributed by atoms with Crippen LogP contribution in [0.3, 0.4) is 0 Å². The summed E-state index contributed by atoms with van der Waals surface area (Å²) in [6.45, 7) is 9.05. The van der Waals surface area contributed by atoms with Crippen LogP contribution in [0.1, 0.15) is 60.8 Å². The van der Waals surface area contributed by atoms with Crippen LogP contribution >= 0.6 is 23.7 Å². The van der Waals surface area contributed by atoms with Crippen molar-refractivity contribution in [1.29, 1.82) is 0 Å². The van der Waals surface area contributed by atoms with E-state index in [1.54, 1.807) is 17.4 Å². The molecule has 8 heteroatoms. The highest BCUT2D eigenvalue weighted by molar-refractivity contribution is 7.09. The van der Waals surface area contributed by atoms with E-state index in [9.17, 15) is 4.79 Å². The van der Waals surface area contributed by atoms with Gasteiger partial charge in [0.05, 0.1) is 16.7 Å². The number of nitrogens with zero attached hydrogens (tertiary/aromatic N) is 3. The molecule has 1 atom stereocenters. The molecule has 0 aromatic carbocycles. The van der Waals surface area contributed by atoms with E-state index in [1.807, 2.05) is 10.9 Å². The van der Waals surface area contributed by atoms with Gasteiger partial charge in [0.25, 0.3) is 5.91 Å². The van der Waals surface area contributed by atoms with Gasteiger partial charge in [-0.05, 0) is 25.5 Å². The van der Waals surface area contributed by atoms with Crippen LogP contribution in [0.2, 0.25) is 0 Å². The molecule has 1 aliphatic rings. The molecule has 26 heavy (non-hydrogen) atoms. The van der Waals surface area contributed by atoms with E-state index >= 15 is 0 Å². The zero-order valence-electron chi connectivity index (χ0n) is 15.6. The molecule has 0 spiro atoms. The van der Waals surface area contributed by atoms with Crippen molar-refractivity contribution < 1.29 is 4.79 Å². The summed E-state index contributed by atoms with van der Waals surface area (Å²) < 4.78 is 1.91. The normalized spacial score (nSPS) is 17.6. The smallest absolute Gasteiger partial charge is 0.271 e. The molecule has 144 valence electrons. The number of piperidine rings is 1. The van der Waals surface area contributed by atoms with Crippen molar-refractivity contribution in [1.82, 2.24) is 25.4 Å². The Hall–Kier alpha value is -1.44. The van der Waals surface area contributed by atoms with Crippen LogP contribution in [0.4, 0.5) is 0 Å². The maximum Gasteiger partial charge on any atom is 0.271 e. The molecule has 0 saturated carbocycles. The Morgan fingerprint density at radius 3 is 2.92 bits per heavy atom. The molecule has 1 fully saturated rings. The van der Waals surface area contributed by atoms with Gasteiger partial charge >= 0.3 is 0 Å². The number of rotatable bonds is 5. The summed E-state index contributed by atoms with van der Waals surface area (Å²) in [5.74, 6) is -0.117. The zero-order chi connectivity index (χ0) is 17.9. The Balaban J connectivity index is 0.00000243. The maximum atomic E-state index is 12.3. The fourth-order valence-electron chi connectivity index (χ4n) is 2.88. The highest BCUT2D eigenvalue weighted by Crippen LogP contribution is 2.25. The second kappa shape index (κ2) is 8.97. The van der Waals surface area contributed by atoms with Crippen molar-refractivity contribution in [2.45, 2.75) is 51.5 Å². The van der Waals surface area contributed by atoms with Crippen molar-refractivity contribution in [3.63, 3.8) is 0 Å². The molecule has 1 unspecified atom stereocenters. The van der Waals surface area contributed by atoms with E-state index in [-0.39, 0.29) is 23.7 Å². The van der Waals surface area contributed by atoms with E-state index in [4.69, 9.17) is 0 Å². The van der Waals surface area contributed by atoms with Crippen LogP contribution in [0, 0.1) is 0 Å². The first-order valence-corrected chi connectivity index (χ1v) is 9.80. The minimum atomic E-state index is -0.117. The first-order chi connectivity index (χ1) is 11.9. The number of amides is 1. The third-order valence-corrected chi connectivity index (χ3v) is 5.66. The van der Waals surface area contributed by atoms with Crippen LogP contribution in [0.15, 0.2) is 17.6 Å². The highest BCUT2D eigenvalue weighted by atomic mass is 35.5. The summed E-state index contributed by atoms with van der Waals surface area (Å²) in [6.07, 6.45) is 4.90. The predicted molar refractivity (Wildman–Crippen MR) is 107 cm³/mol. The van der Waals surface area contributed by atoms with Gasteiger partial charge in [0.1, 0.15) is 5.69 Å². The molecular weight excluding hydrogens is 370 g/mol. The number of carbonyl (C=O) groups excluding carboxylic acids is 1. The Kier molecular flexibility index (Phi) is 7.20. The molecule has 1 aliphatic heterocycles. The molecule has 1 saturated heterocycles. The summed E-state index contributed by atoms with van der Waals surface area (Å²) in [5, 5.41) is 14.0. The van der Waals surface area contributed by atoms with Crippen LogP contribution in [-0.2, 0) is 11.8 Å². The van der Waals surface area contributed by atoms with E-state index in [0.29, 0.717) is 18.3 Å². The van der Waals surface area contributed by atoms with Crippen molar-refractivity contribution in [2.75, 3.05) is 19.6 Å². The zero-order valence-corrected chi connectivity index (χ0v) is 17.3. The Morgan fingerprint density at radius 1 is 1.46 bits per heavy atom. The molecular formula is C18H28ClN5OS. The first-order valence-electron chi connectivity index (χ1n) is 8.92. The van der Waals surface area contributed by atoms with Crippen molar-refractivity contribution in [3.05, 3.63) is 34.0 Å². The number of nitrogens with one attached hydrogen (secondary N) is 2. The average molecular weight is 398 g/mol. The lowest BCUT2D eigenvalue weighted by atomic mass is 9.98. The number of carbonyl (C=O) groups is 1. The lowest BCUT2D eigenvalue weighted by molar-refractivity contribution is 0.0947. The van der Waals surface area contributed by atoms with Crippen molar-refractivity contribution in [2.24, 2.45) is 0 Å². The molecule has 0 aliphatic carbocycles. The average Bonchev–Trinajstić information content (AvgIpc) is 3.25. The van der Waals surface area contributed by atoms with E-state index in [0.717, 1.165) is 43.1 Å². The largest absolute Gasteiger partial charge is 0.350 e. The monoisotopic (exact) mass is 397 g/mol. The van der Waals surface area contributed by atoms with E-state index < -0.39 is 0 Å². The minimum absolute atomic E-state index is 0. The molecule has 1 amide bonds. The van der Waals surface area contributed by atoms with Crippen molar-refractivity contribution in [3.8, 4) is 0 Å². The summed E-state index contributed by atoms with van der Waals surface area (Å²) >= 11 is 1.69. The number of hydrogen-bond donors (Lipinski definition) is 2. The molecule has 0 radical (unpaired) electrons. The Bertz CT molecular complexity index is 715. The predicted octanol–water partition coefficient (Wildman–Crippen LogP) is 2.96. The molecule has 2 aromatic rings. The number of thiazole rings is 1. The molecule has 6 nitrogen and oxygen atoms in total. The molecule has 2 N–H and O–H groups in total. The van der Waals surface area contributed by atoms with Gasteiger partial charge in [0.2, 0.25) is 0 Å². The van der Waals surface area contributed by atoms with Crippen LogP contribution in [0.5, 0.6) is 0 Å². The van der Waals surface area contributed by atoms with E-state index in [2.05, 4.69) is 46.9 Å². The van der Waals surface area contributed by atoms with E-state index in [1.165, 1.54) is 0 Å². The number of halogens is 1. The third kappa shape index (κ3) is 5.28. The summed E-state index contributed by atoms with van der Waals surface area (Å²) in [7, 11) is 0. The van der Waals surface area contributed by atoms with Gasteiger partial charge in [-0.1, -0.05) is 20.8 Å². The summed E-state index contributed by atoms with van der Waals surface area (Å²) in [4.78, 5) is 16.9. The number of aromatic nitrogens is 3. The maximum absolute atomic E-state index is 12.3. The van der Waals surface area contributed by atoms with Crippen LogP contribution < -0.4 is 10.6 Å². The minimum Gasteiger partial charge on any atom is -0.350 e. The lowest BCUT2D eigenvalue weighted by Crippen LogP contribution is -2.32. The quantitative estimate of drug-likeness (QED) is 0.813. The number of hydrogen-bond acceptors (Lipinski definition) is 5. The van der Waals surface area contributed by atoms with Crippen LogP contribution in [-0.4, -0.2) is 40.3 Å². The summed E-state index contributed by atoms with van der Waals surface area (Å²) in [5.41, 5.74) is 1.60. The third-order valence-electron chi connectivity index (χ3n) is 4.35. The van der Waals surface area contributed by atoms with Gasteiger partial charge in [0, 0.05) is 36.5 Å². The standard InChI is InChI=1S/C18H27N5OS.ClH/c1-18(2,3)17-21-13(12-25-17)6-9-20-16(24)15-7-10-23(22-15)14-5-4-8-19-11-14;/h7,10,12,14,19H,4-6,8-9,11H2,1-3H3,(H,20,24);1H. The lowest BCUT2D eigenvalue weighted by Gasteiger charge is -2.22. The fraction of sp³-hybridized carbons (Fsp3) is 0.611. The van der Waals surface area contributed by atoms with Gasteiger partial charge < -0.3 is 10.6 Å². The van der Waals surface area contributed by atoms with Gasteiger partial charge in [-0.25, -0.2) is 4.98 Å². The topological polar surface area (TPSA) is 71.8 Å². The Morgan fingerprint density at radius 2 is 2.27 bits per heavy atom. The van der Waals surface area contributed by atoms with Crippen molar-refractivity contribution >= 4 is 29.7 Å². The van der Waals surface area contributed by atoms with Gasteiger partial charge in [-0.3, -0.25) is 9.48 Å². The SMILES string of the molecule is CC(C)(C)c1nc(CCNC(=O)c2ccn(C3CCCNC3)n2)cs1.Cl. The van der Waals surface area contributed by atoms with Gasteiger partial charge in [-0.15, -0.1) is 23.7 Å². The highest BCUT2D eigenvalue weighted by Gasteiger charge is 2.19. The van der Waals surface area contributed by atoms with Crippen LogP contribution in [0.25, 0.3) is 0 Å². The second-order valence-electron chi connectivity index (χ2n) is 7.58. The fourth-order valence-corrected chi connectivity index (χ4v) is 3.82.